The largest absolute Gasteiger partial charge is 0.378 e. The van der Waals surface area contributed by atoms with Gasteiger partial charge in [0.2, 0.25) is 5.91 Å². The lowest BCUT2D eigenvalue weighted by Gasteiger charge is -2.18. The molecule has 4 nitrogen and oxygen atoms in total. The van der Waals surface area contributed by atoms with Gasteiger partial charge in [0.1, 0.15) is 11.3 Å². The fourth-order valence-electron chi connectivity index (χ4n) is 2.85. The molecule has 0 fully saturated rings. The highest BCUT2D eigenvalue weighted by atomic mass is 16.3. The molecule has 0 saturated heterocycles. The average molecular weight is 334 g/mol. The molecule has 1 aliphatic heterocycles. The number of rotatable bonds is 1. The zero-order chi connectivity index (χ0) is 18.0. The number of hydrogen-bond acceptors (Lipinski definition) is 3. The van der Waals surface area contributed by atoms with Crippen LogP contribution in [-0.4, -0.2) is 28.6 Å². The predicted molar refractivity (Wildman–Crippen MR) is 99.2 cm³/mol. The standard InChI is InChI=1S/C21H22N2O2/c1-21(2,25)12-11-18-10-9-17(14-22-18)16-8-7-15-5-4-6-20(24)23(3)19(15)13-16/h7-10,13-14,25H,4-6H2,1-3H3. The van der Waals surface area contributed by atoms with Crippen molar-refractivity contribution in [2.75, 3.05) is 11.9 Å². The molecule has 25 heavy (non-hydrogen) atoms. The number of hydrogen-bond donors (Lipinski definition) is 1. The summed E-state index contributed by atoms with van der Waals surface area (Å²) >= 11 is 0. The summed E-state index contributed by atoms with van der Waals surface area (Å²) in [6.07, 6.45) is 4.19. The normalized spacial score (nSPS) is 14.4. The van der Waals surface area contributed by atoms with Gasteiger partial charge in [-0.25, -0.2) is 4.98 Å². The van der Waals surface area contributed by atoms with Crippen LogP contribution >= 0.6 is 0 Å². The summed E-state index contributed by atoms with van der Waals surface area (Å²) in [6, 6.07) is 10.0. The zero-order valence-electron chi connectivity index (χ0n) is 14.8. The van der Waals surface area contributed by atoms with Gasteiger partial charge in [-0.05, 0) is 55.9 Å². The molecule has 0 atom stereocenters. The molecule has 3 rings (SSSR count). The van der Waals surface area contributed by atoms with Crippen molar-refractivity contribution < 1.29 is 9.90 Å². The Morgan fingerprint density at radius 2 is 1.92 bits per heavy atom. The second-order valence-electron chi connectivity index (χ2n) is 6.89. The summed E-state index contributed by atoms with van der Waals surface area (Å²) in [5, 5.41) is 9.66. The molecule has 0 saturated carbocycles. The summed E-state index contributed by atoms with van der Waals surface area (Å²) < 4.78 is 0. The van der Waals surface area contributed by atoms with Crippen LogP contribution in [0.3, 0.4) is 0 Å². The molecule has 2 heterocycles. The number of carbonyl (C=O) groups excluding carboxylic acids is 1. The van der Waals surface area contributed by atoms with Crippen LogP contribution in [0.15, 0.2) is 36.5 Å². The van der Waals surface area contributed by atoms with E-state index in [1.54, 1.807) is 24.9 Å². The Kier molecular flexibility index (Phi) is 4.61. The summed E-state index contributed by atoms with van der Waals surface area (Å²) in [7, 11) is 1.84. The van der Waals surface area contributed by atoms with Crippen molar-refractivity contribution in [3.63, 3.8) is 0 Å². The lowest BCUT2D eigenvalue weighted by molar-refractivity contribution is -0.118. The van der Waals surface area contributed by atoms with E-state index in [0.29, 0.717) is 12.1 Å². The minimum absolute atomic E-state index is 0.159. The molecule has 1 aromatic carbocycles. The van der Waals surface area contributed by atoms with E-state index in [4.69, 9.17) is 0 Å². The summed E-state index contributed by atoms with van der Waals surface area (Å²) in [5.74, 6) is 5.78. The Bertz CT molecular complexity index is 852. The van der Waals surface area contributed by atoms with E-state index in [0.717, 1.165) is 29.7 Å². The number of anilines is 1. The third-order valence-electron chi connectivity index (χ3n) is 4.25. The smallest absolute Gasteiger partial charge is 0.226 e. The molecule has 4 heteroatoms. The van der Waals surface area contributed by atoms with Crippen molar-refractivity contribution in [1.29, 1.82) is 0 Å². The van der Waals surface area contributed by atoms with Crippen molar-refractivity contribution in [2.24, 2.45) is 0 Å². The van der Waals surface area contributed by atoms with Crippen molar-refractivity contribution in [2.45, 2.75) is 38.7 Å². The maximum Gasteiger partial charge on any atom is 0.226 e. The van der Waals surface area contributed by atoms with Gasteiger partial charge >= 0.3 is 0 Å². The monoisotopic (exact) mass is 334 g/mol. The molecular weight excluding hydrogens is 312 g/mol. The first-order valence-electron chi connectivity index (χ1n) is 8.45. The Morgan fingerprint density at radius 1 is 1.16 bits per heavy atom. The number of benzene rings is 1. The maximum absolute atomic E-state index is 12.1. The first-order chi connectivity index (χ1) is 11.8. The number of amides is 1. The van der Waals surface area contributed by atoms with Gasteiger partial charge in [-0.1, -0.05) is 24.1 Å². The predicted octanol–water partition coefficient (Wildman–Crippen LogP) is 3.17. The van der Waals surface area contributed by atoms with Crippen LogP contribution in [0.5, 0.6) is 0 Å². The molecule has 0 bridgehead atoms. The fourth-order valence-corrected chi connectivity index (χ4v) is 2.85. The van der Waals surface area contributed by atoms with Gasteiger partial charge in [0.05, 0.1) is 0 Å². The molecule has 0 aliphatic carbocycles. The average Bonchev–Trinajstić information content (AvgIpc) is 2.72. The van der Waals surface area contributed by atoms with Crippen LogP contribution in [0, 0.1) is 11.8 Å². The van der Waals surface area contributed by atoms with Gasteiger partial charge < -0.3 is 10.0 Å². The number of aromatic nitrogens is 1. The van der Waals surface area contributed by atoms with Crippen molar-refractivity contribution >= 4 is 11.6 Å². The third kappa shape index (κ3) is 4.07. The molecule has 0 spiro atoms. The van der Waals surface area contributed by atoms with E-state index < -0.39 is 5.60 Å². The van der Waals surface area contributed by atoms with E-state index in [1.165, 1.54) is 5.56 Å². The second kappa shape index (κ2) is 6.70. The van der Waals surface area contributed by atoms with Crippen LogP contribution in [0.4, 0.5) is 5.69 Å². The number of aryl methyl sites for hydroxylation is 1. The minimum Gasteiger partial charge on any atom is -0.378 e. The molecule has 1 aromatic heterocycles. The number of fused-ring (bicyclic) bond motifs is 1. The molecule has 1 N–H and O–H groups in total. The topological polar surface area (TPSA) is 53.4 Å². The zero-order valence-corrected chi connectivity index (χ0v) is 14.8. The quantitative estimate of drug-likeness (QED) is 0.815. The Morgan fingerprint density at radius 3 is 2.60 bits per heavy atom. The molecule has 1 amide bonds. The molecule has 0 unspecified atom stereocenters. The van der Waals surface area contributed by atoms with Crippen molar-refractivity contribution in [3.05, 3.63) is 47.8 Å². The van der Waals surface area contributed by atoms with Gasteiger partial charge in [-0.15, -0.1) is 0 Å². The van der Waals surface area contributed by atoms with E-state index >= 15 is 0 Å². The number of nitrogens with zero attached hydrogens (tertiary/aromatic N) is 2. The second-order valence-corrected chi connectivity index (χ2v) is 6.89. The van der Waals surface area contributed by atoms with Crippen LogP contribution in [0.1, 0.15) is 37.9 Å². The summed E-state index contributed by atoms with van der Waals surface area (Å²) in [4.78, 5) is 18.2. The van der Waals surface area contributed by atoms with Crippen LogP contribution < -0.4 is 4.90 Å². The van der Waals surface area contributed by atoms with Crippen LogP contribution in [0.2, 0.25) is 0 Å². The van der Waals surface area contributed by atoms with E-state index in [2.05, 4.69) is 35.0 Å². The Labute approximate surface area is 148 Å². The van der Waals surface area contributed by atoms with Gasteiger partial charge in [0.25, 0.3) is 0 Å². The lowest BCUT2D eigenvalue weighted by Crippen LogP contribution is -2.24. The number of carbonyl (C=O) groups is 1. The van der Waals surface area contributed by atoms with Crippen molar-refractivity contribution in [3.8, 4) is 23.0 Å². The Balaban J connectivity index is 1.91. The van der Waals surface area contributed by atoms with Crippen LogP contribution in [0.25, 0.3) is 11.1 Å². The van der Waals surface area contributed by atoms with Gasteiger partial charge in [0, 0.05) is 30.9 Å². The number of aliphatic hydroxyl groups is 1. The summed E-state index contributed by atoms with van der Waals surface area (Å²) in [6.45, 7) is 3.28. The maximum atomic E-state index is 12.1. The SMILES string of the molecule is CN1C(=O)CCCc2ccc(-c3ccc(C#CC(C)(C)O)nc3)cc21. The van der Waals surface area contributed by atoms with Gasteiger partial charge in [-0.3, -0.25) is 4.79 Å². The van der Waals surface area contributed by atoms with Crippen molar-refractivity contribution in [1.82, 2.24) is 4.98 Å². The minimum atomic E-state index is -1.03. The molecule has 1 aliphatic rings. The Hall–Kier alpha value is -2.64. The van der Waals surface area contributed by atoms with Crippen LogP contribution in [-0.2, 0) is 11.2 Å². The van der Waals surface area contributed by atoms with E-state index in [1.807, 2.05) is 19.2 Å². The lowest BCUT2D eigenvalue weighted by atomic mass is 10.0. The molecule has 0 radical (unpaired) electrons. The van der Waals surface area contributed by atoms with E-state index in [9.17, 15) is 9.90 Å². The van der Waals surface area contributed by atoms with Gasteiger partial charge in [0.15, 0.2) is 0 Å². The first-order valence-corrected chi connectivity index (χ1v) is 8.45. The van der Waals surface area contributed by atoms with Gasteiger partial charge in [-0.2, -0.15) is 0 Å². The highest BCUT2D eigenvalue weighted by Crippen LogP contribution is 2.31. The highest BCUT2D eigenvalue weighted by Gasteiger charge is 2.19. The first kappa shape index (κ1) is 17.2. The fraction of sp³-hybridized carbons (Fsp3) is 0.333. The highest BCUT2D eigenvalue weighted by molar-refractivity contribution is 5.95. The number of pyridine rings is 1. The molecular formula is C21H22N2O2. The third-order valence-corrected chi connectivity index (χ3v) is 4.25. The van der Waals surface area contributed by atoms with E-state index in [-0.39, 0.29) is 5.91 Å². The molecule has 2 aromatic rings. The summed E-state index contributed by atoms with van der Waals surface area (Å²) in [5.41, 5.74) is 3.77. The molecule has 128 valence electrons.